The molecule has 0 bridgehead atoms. The van der Waals surface area contributed by atoms with Crippen molar-refractivity contribution in [3.05, 3.63) is 45.6 Å². The molecule has 6 nitrogen and oxygen atoms in total. The molecule has 1 aliphatic rings. The molecule has 4 rings (SSSR count). The van der Waals surface area contributed by atoms with Crippen LogP contribution >= 0.6 is 22.9 Å². The van der Waals surface area contributed by atoms with Gasteiger partial charge in [-0.15, -0.1) is 5.10 Å². The van der Waals surface area contributed by atoms with Crippen LogP contribution in [0.3, 0.4) is 0 Å². The highest BCUT2D eigenvalue weighted by molar-refractivity contribution is 7.17. The number of thiazole rings is 1. The van der Waals surface area contributed by atoms with E-state index < -0.39 is 5.72 Å². The Morgan fingerprint density at radius 1 is 1.32 bits per heavy atom. The first kappa shape index (κ1) is 22.5. The summed E-state index contributed by atoms with van der Waals surface area (Å²) in [6.45, 7) is 11.4. The molecule has 0 radical (unpaired) electrons. The Hall–Kier alpha value is -1.67. The van der Waals surface area contributed by atoms with Gasteiger partial charge in [-0.05, 0) is 56.7 Å². The van der Waals surface area contributed by atoms with Gasteiger partial charge in [-0.1, -0.05) is 55.8 Å². The summed E-state index contributed by atoms with van der Waals surface area (Å²) in [5.41, 5.74) is 0.637. The average molecular weight is 463 g/mol. The standard InChI is InChI=1S/C23H31ClN4O2S/c1-6-18-13-30-23(5,12-11-14(2)3)27(18)19(16-7-9-17(24)10-8-16)20-21(29)28-22(31-20)25-15(4)26-28/h7-10,14,18-19,29H,6,11-13H2,1-5H3. The third-order valence-corrected chi connectivity index (χ3v) is 7.53. The number of aromatic hydroxyl groups is 1. The Morgan fingerprint density at radius 2 is 2.03 bits per heavy atom. The maximum absolute atomic E-state index is 11.2. The van der Waals surface area contributed by atoms with E-state index in [0.29, 0.717) is 28.3 Å². The van der Waals surface area contributed by atoms with E-state index in [1.54, 1.807) is 4.52 Å². The van der Waals surface area contributed by atoms with Gasteiger partial charge in [0.15, 0.2) is 0 Å². The maximum Gasteiger partial charge on any atom is 0.230 e. The van der Waals surface area contributed by atoms with Crippen LogP contribution in [0, 0.1) is 12.8 Å². The number of fused-ring (bicyclic) bond motifs is 1. The molecular weight excluding hydrogens is 432 g/mol. The van der Waals surface area contributed by atoms with Crippen LogP contribution in [0.5, 0.6) is 5.88 Å². The fourth-order valence-corrected chi connectivity index (χ4v) is 5.74. The topological polar surface area (TPSA) is 62.9 Å². The lowest BCUT2D eigenvalue weighted by Gasteiger charge is -2.42. The van der Waals surface area contributed by atoms with Crippen LogP contribution in [-0.2, 0) is 4.74 Å². The zero-order valence-corrected chi connectivity index (χ0v) is 20.4. The highest BCUT2D eigenvalue weighted by Gasteiger charge is 2.48. The minimum absolute atomic E-state index is 0.147. The van der Waals surface area contributed by atoms with Crippen LogP contribution in [0.15, 0.2) is 24.3 Å². The van der Waals surface area contributed by atoms with Crippen molar-refractivity contribution >= 4 is 27.9 Å². The van der Waals surface area contributed by atoms with E-state index in [9.17, 15) is 5.11 Å². The molecule has 2 aromatic heterocycles. The number of aromatic nitrogens is 3. The minimum Gasteiger partial charge on any atom is -0.492 e. The van der Waals surface area contributed by atoms with E-state index in [2.05, 4.69) is 42.7 Å². The van der Waals surface area contributed by atoms with E-state index >= 15 is 0 Å². The number of rotatable bonds is 7. The fourth-order valence-electron chi connectivity index (χ4n) is 4.48. The Balaban J connectivity index is 1.86. The Labute approximate surface area is 192 Å². The predicted molar refractivity (Wildman–Crippen MR) is 125 cm³/mol. The molecule has 3 atom stereocenters. The van der Waals surface area contributed by atoms with Gasteiger partial charge in [-0.3, -0.25) is 4.90 Å². The molecule has 3 heterocycles. The number of halogens is 1. The first-order valence-electron chi connectivity index (χ1n) is 11.0. The summed E-state index contributed by atoms with van der Waals surface area (Å²) in [7, 11) is 0. The molecule has 1 aliphatic heterocycles. The second kappa shape index (κ2) is 8.70. The smallest absolute Gasteiger partial charge is 0.230 e. The lowest BCUT2D eigenvalue weighted by Crippen LogP contribution is -2.48. The van der Waals surface area contributed by atoms with Crippen LogP contribution in [0.4, 0.5) is 0 Å². The van der Waals surface area contributed by atoms with E-state index in [4.69, 9.17) is 16.3 Å². The van der Waals surface area contributed by atoms with Crippen molar-refractivity contribution in [1.82, 2.24) is 19.5 Å². The number of benzene rings is 1. The van der Waals surface area contributed by atoms with Gasteiger partial charge in [0.05, 0.1) is 17.5 Å². The van der Waals surface area contributed by atoms with Crippen LogP contribution in [0.2, 0.25) is 5.02 Å². The van der Waals surface area contributed by atoms with Crippen LogP contribution < -0.4 is 0 Å². The molecule has 168 valence electrons. The molecule has 0 saturated carbocycles. The summed E-state index contributed by atoms with van der Waals surface area (Å²) in [6, 6.07) is 7.96. The molecule has 1 aromatic carbocycles. The molecular formula is C23H31ClN4O2S. The highest BCUT2D eigenvalue weighted by Crippen LogP contribution is 2.48. The second-order valence-corrected chi connectivity index (χ2v) is 10.4. The van der Waals surface area contributed by atoms with Crippen LogP contribution in [0.1, 0.15) is 69.3 Å². The van der Waals surface area contributed by atoms with Crippen LogP contribution in [0.25, 0.3) is 4.96 Å². The summed E-state index contributed by atoms with van der Waals surface area (Å²) in [5, 5.41) is 16.2. The van der Waals surface area contributed by atoms with Crippen molar-refractivity contribution in [2.45, 2.75) is 71.7 Å². The van der Waals surface area contributed by atoms with Crippen LogP contribution in [-0.4, -0.2) is 43.0 Å². The third-order valence-electron chi connectivity index (χ3n) is 6.20. The monoisotopic (exact) mass is 462 g/mol. The predicted octanol–water partition coefficient (Wildman–Crippen LogP) is 5.81. The molecule has 8 heteroatoms. The lowest BCUT2D eigenvalue weighted by molar-refractivity contribution is -0.0915. The van der Waals surface area contributed by atoms with E-state index in [1.165, 1.54) is 11.3 Å². The Bertz CT molecular complexity index is 1050. The van der Waals surface area contributed by atoms with E-state index in [1.807, 2.05) is 31.2 Å². The number of hydrogen-bond acceptors (Lipinski definition) is 6. The molecule has 3 unspecified atom stereocenters. The molecule has 1 saturated heterocycles. The van der Waals surface area contributed by atoms with Crippen molar-refractivity contribution in [2.24, 2.45) is 5.92 Å². The molecule has 0 spiro atoms. The van der Waals surface area contributed by atoms with Gasteiger partial charge in [0, 0.05) is 11.1 Å². The van der Waals surface area contributed by atoms with Gasteiger partial charge in [0.2, 0.25) is 10.8 Å². The van der Waals surface area contributed by atoms with E-state index in [0.717, 1.165) is 29.7 Å². The van der Waals surface area contributed by atoms with Crippen molar-refractivity contribution in [1.29, 1.82) is 0 Å². The summed E-state index contributed by atoms with van der Waals surface area (Å²) in [4.78, 5) is 8.47. The zero-order chi connectivity index (χ0) is 22.3. The molecule has 31 heavy (non-hydrogen) atoms. The van der Waals surface area contributed by atoms with Gasteiger partial charge in [0.1, 0.15) is 11.5 Å². The molecule has 3 aromatic rings. The molecule has 0 amide bonds. The average Bonchev–Trinajstić information content (AvgIpc) is 3.35. The quantitative estimate of drug-likeness (QED) is 0.480. The number of hydrogen-bond donors (Lipinski definition) is 1. The van der Waals surface area contributed by atoms with Crippen molar-refractivity contribution < 1.29 is 9.84 Å². The number of aryl methyl sites for hydroxylation is 1. The second-order valence-electron chi connectivity index (χ2n) is 8.99. The Morgan fingerprint density at radius 3 is 2.65 bits per heavy atom. The summed E-state index contributed by atoms with van der Waals surface area (Å²) in [5.74, 6) is 1.38. The summed E-state index contributed by atoms with van der Waals surface area (Å²) in [6.07, 6.45) is 2.95. The highest BCUT2D eigenvalue weighted by atomic mass is 35.5. The summed E-state index contributed by atoms with van der Waals surface area (Å²) >= 11 is 7.69. The number of nitrogens with zero attached hydrogens (tertiary/aromatic N) is 4. The third kappa shape index (κ3) is 4.21. The number of ether oxygens (including phenoxy) is 1. The van der Waals surface area contributed by atoms with Gasteiger partial charge in [0.25, 0.3) is 0 Å². The maximum atomic E-state index is 11.2. The Kier molecular flexibility index (Phi) is 6.32. The lowest BCUT2D eigenvalue weighted by atomic mass is 9.94. The van der Waals surface area contributed by atoms with E-state index in [-0.39, 0.29) is 18.0 Å². The largest absolute Gasteiger partial charge is 0.492 e. The first-order chi connectivity index (χ1) is 14.7. The molecule has 1 fully saturated rings. The van der Waals surface area contributed by atoms with Crippen molar-refractivity contribution in [3.8, 4) is 5.88 Å². The summed E-state index contributed by atoms with van der Waals surface area (Å²) < 4.78 is 8.00. The van der Waals surface area contributed by atoms with Gasteiger partial charge in [-0.25, -0.2) is 4.98 Å². The zero-order valence-electron chi connectivity index (χ0n) is 18.8. The van der Waals surface area contributed by atoms with Gasteiger partial charge >= 0.3 is 0 Å². The van der Waals surface area contributed by atoms with Gasteiger partial charge in [-0.2, -0.15) is 4.52 Å². The van der Waals surface area contributed by atoms with Gasteiger partial charge < -0.3 is 9.84 Å². The minimum atomic E-state index is -0.433. The molecule has 1 N–H and O–H groups in total. The van der Waals surface area contributed by atoms with Crippen molar-refractivity contribution in [3.63, 3.8) is 0 Å². The fraction of sp³-hybridized carbons (Fsp3) is 0.565. The SMILES string of the molecule is CCC1COC(C)(CCC(C)C)N1C(c1ccc(Cl)cc1)c1sc2nc(C)nn2c1O. The first-order valence-corrected chi connectivity index (χ1v) is 12.2. The normalized spacial score (nSPS) is 23.3. The van der Waals surface area contributed by atoms with Crippen molar-refractivity contribution in [2.75, 3.05) is 6.61 Å². The molecule has 0 aliphatic carbocycles.